The molecule has 0 unspecified atom stereocenters. The molecule has 0 bridgehead atoms. The molecule has 0 saturated heterocycles. The van der Waals surface area contributed by atoms with Crippen LogP contribution in [-0.2, 0) is 6.42 Å². The summed E-state index contributed by atoms with van der Waals surface area (Å²) < 4.78 is 5.92. The van der Waals surface area contributed by atoms with Gasteiger partial charge < -0.3 is 4.74 Å². The summed E-state index contributed by atoms with van der Waals surface area (Å²) in [5.41, 5.74) is 3.67. The van der Waals surface area contributed by atoms with Gasteiger partial charge in [-0.05, 0) is 49.1 Å². The van der Waals surface area contributed by atoms with E-state index in [2.05, 4.69) is 60.4 Å². The van der Waals surface area contributed by atoms with Crippen LogP contribution in [0, 0.1) is 0 Å². The first-order chi connectivity index (χ1) is 17.8. The van der Waals surface area contributed by atoms with Crippen LogP contribution in [0.4, 0.5) is 0 Å². The van der Waals surface area contributed by atoms with Crippen LogP contribution in [0.25, 0.3) is 21.1 Å². The van der Waals surface area contributed by atoms with E-state index in [1.54, 1.807) is 11.3 Å². The summed E-state index contributed by atoms with van der Waals surface area (Å²) in [5.74, 6) is 0.934. The van der Waals surface area contributed by atoms with Gasteiger partial charge in [0.25, 0.3) is 0 Å². The van der Waals surface area contributed by atoms with Crippen molar-refractivity contribution in [2.24, 2.45) is 0 Å². The Morgan fingerprint density at radius 1 is 0.556 bits per heavy atom. The fraction of sp³-hybridized carbons (Fsp3) is 0.562. The lowest BCUT2D eigenvalue weighted by Crippen LogP contribution is -1.97. The van der Waals surface area contributed by atoms with Crippen molar-refractivity contribution in [1.82, 2.24) is 10.2 Å². The third-order valence-corrected chi connectivity index (χ3v) is 7.83. The van der Waals surface area contributed by atoms with E-state index in [1.165, 1.54) is 95.5 Å². The zero-order valence-corrected chi connectivity index (χ0v) is 23.5. The Kier molecular flexibility index (Phi) is 13.6. The van der Waals surface area contributed by atoms with Crippen LogP contribution in [0.1, 0.15) is 109 Å². The molecule has 3 aromatic rings. The molecule has 0 amide bonds. The highest BCUT2D eigenvalue weighted by Crippen LogP contribution is 2.31. The first kappa shape index (κ1) is 28.4. The maximum Gasteiger partial charge on any atom is 0.148 e. The predicted octanol–water partition coefficient (Wildman–Crippen LogP) is 10.3. The molecule has 0 atom stereocenters. The van der Waals surface area contributed by atoms with Crippen molar-refractivity contribution < 1.29 is 4.74 Å². The van der Waals surface area contributed by atoms with E-state index < -0.39 is 0 Å². The number of unbranched alkanes of at least 4 members (excludes halogenated alkanes) is 12. The molecule has 4 heteroatoms. The highest BCUT2D eigenvalue weighted by molar-refractivity contribution is 7.17. The highest BCUT2D eigenvalue weighted by Gasteiger charge is 2.09. The predicted molar refractivity (Wildman–Crippen MR) is 156 cm³/mol. The largest absolute Gasteiger partial charge is 0.494 e. The van der Waals surface area contributed by atoms with Crippen molar-refractivity contribution in [3.05, 3.63) is 54.1 Å². The molecular formula is C32H46N2OS. The van der Waals surface area contributed by atoms with E-state index in [0.29, 0.717) is 0 Å². The monoisotopic (exact) mass is 506 g/mol. The summed E-state index contributed by atoms with van der Waals surface area (Å²) in [6.07, 6.45) is 19.8. The quantitative estimate of drug-likeness (QED) is 0.152. The molecule has 1 aromatic heterocycles. The molecule has 3 rings (SSSR count). The molecule has 0 radical (unpaired) electrons. The molecule has 0 saturated carbocycles. The average Bonchev–Trinajstić information content (AvgIpc) is 3.41. The molecule has 0 aliphatic carbocycles. The van der Waals surface area contributed by atoms with Gasteiger partial charge in [0.15, 0.2) is 0 Å². The van der Waals surface area contributed by atoms with Gasteiger partial charge in [0, 0.05) is 11.1 Å². The summed E-state index contributed by atoms with van der Waals surface area (Å²) in [6.45, 7) is 5.33. The van der Waals surface area contributed by atoms with Crippen LogP contribution < -0.4 is 4.74 Å². The summed E-state index contributed by atoms with van der Waals surface area (Å²) >= 11 is 1.65. The molecule has 0 aliphatic heterocycles. The minimum atomic E-state index is 0.795. The molecule has 3 nitrogen and oxygen atoms in total. The van der Waals surface area contributed by atoms with Crippen molar-refractivity contribution in [2.75, 3.05) is 6.61 Å². The molecule has 0 aliphatic rings. The Labute approximate surface area is 223 Å². The Hall–Kier alpha value is -2.20. The molecule has 0 spiro atoms. The fourth-order valence-electron chi connectivity index (χ4n) is 4.50. The average molecular weight is 507 g/mol. The molecule has 36 heavy (non-hydrogen) atoms. The Bertz CT molecular complexity index is 949. The van der Waals surface area contributed by atoms with Crippen LogP contribution in [-0.4, -0.2) is 16.8 Å². The summed E-state index contributed by atoms with van der Waals surface area (Å²) in [7, 11) is 0. The van der Waals surface area contributed by atoms with Gasteiger partial charge in [0.05, 0.1) is 6.61 Å². The van der Waals surface area contributed by atoms with Crippen LogP contribution in [0.5, 0.6) is 5.75 Å². The number of aryl methyl sites for hydroxylation is 1. The molecule has 1 heterocycles. The van der Waals surface area contributed by atoms with Gasteiger partial charge >= 0.3 is 0 Å². The number of ether oxygens (including phenoxy) is 1. The maximum atomic E-state index is 5.92. The normalized spacial score (nSPS) is 11.2. The minimum absolute atomic E-state index is 0.795. The first-order valence-electron chi connectivity index (χ1n) is 14.5. The van der Waals surface area contributed by atoms with Crippen molar-refractivity contribution in [3.63, 3.8) is 0 Å². The lowest BCUT2D eigenvalue weighted by atomic mass is 10.0. The lowest BCUT2D eigenvalue weighted by Gasteiger charge is -2.06. The Morgan fingerprint density at radius 3 is 1.58 bits per heavy atom. The van der Waals surface area contributed by atoms with Crippen LogP contribution >= 0.6 is 11.3 Å². The summed E-state index contributed by atoms with van der Waals surface area (Å²) in [4.78, 5) is 0. The Morgan fingerprint density at radius 2 is 1.03 bits per heavy atom. The number of benzene rings is 2. The lowest BCUT2D eigenvalue weighted by molar-refractivity contribution is 0.304. The topological polar surface area (TPSA) is 35.0 Å². The van der Waals surface area contributed by atoms with Gasteiger partial charge in [-0.15, -0.1) is 10.2 Å². The van der Waals surface area contributed by atoms with Gasteiger partial charge in [-0.2, -0.15) is 0 Å². The third kappa shape index (κ3) is 10.4. The zero-order valence-electron chi connectivity index (χ0n) is 22.6. The van der Waals surface area contributed by atoms with Crippen molar-refractivity contribution in [1.29, 1.82) is 0 Å². The van der Waals surface area contributed by atoms with Gasteiger partial charge in [0.2, 0.25) is 0 Å². The van der Waals surface area contributed by atoms with Gasteiger partial charge in [-0.3, -0.25) is 0 Å². The zero-order chi connectivity index (χ0) is 25.3. The minimum Gasteiger partial charge on any atom is -0.494 e. The van der Waals surface area contributed by atoms with Crippen molar-refractivity contribution in [2.45, 2.75) is 110 Å². The third-order valence-electron chi connectivity index (χ3n) is 6.81. The van der Waals surface area contributed by atoms with E-state index >= 15 is 0 Å². The van der Waals surface area contributed by atoms with E-state index in [1.807, 2.05) is 12.1 Å². The van der Waals surface area contributed by atoms with Crippen LogP contribution in [0.15, 0.2) is 48.5 Å². The molecular weight excluding hydrogens is 460 g/mol. The molecule has 196 valence electrons. The van der Waals surface area contributed by atoms with Gasteiger partial charge in [0.1, 0.15) is 15.8 Å². The number of nitrogens with zero attached hydrogens (tertiary/aromatic N) is 2. The molecule has 2 aromatic carbocycles. The number of hydrogen-bond acceptors (Lipinski definition) is 4. The number of hydrogen-bond donors (Lipinski definition) is 0. The summed E-state index contributed by atoms with van der Waals surface area (Å²) in [5, 5.41) is 10.8. The second-order valence-electron chi connectivity index (χ2n) is 9.97. The maximum absolute atomic E-state index is 5.92. The standard InChI is InChI=1S/C32H46N2OS/c1-3-5-7-9-11-12-13-15-17-27-18-20-28(21-19-27)31-33-34-32(36-31)29-22-24-30(25-23-29)35-26-16-14-10-8-6-4-2/h18-25H,3-17,26H2,1-2H3. The SMILES string of the molecule is CCCCCCCCCCc1ccc(-c2nnc(-c3ccc(OCCCCCCCC)cc3)s2)cc1. The van der Waals surface area contributed by atoms with E-state index in [4.69, 9.17) is 4.74 Å². The van der Waals surface area contributed by atoms with Crippen LogP contribution in [0.3, 0.4) is 0 Å². The smallest absolute Gasteiger partial charge is 0.148 e. The Balaban J connectivity index is 1.39. The number of aromatic nitrogens is 2. The van der Waals surface area contributed by atoms with Crippen molar-refractivity contribution >= 4 is 11.3 Å². The molecule has 0 fully saturated rings. The fourth-order valence-corrected chi connectivity index (χ4v) is 5.35. The number of rotatable bonds is 19. The van der Waals surface area contributed by atoms with E-state index in [-0.39, 0.29) is 0 Å². The highest BCUT2D eigenvalue weighted by atomic mass is 32.1. The second kappa shape index (κ2) is 17.3. The van der Waals surface area contributed by atoms with E-state index in [9.17, 15) is 0 Å². The van der Waals surface area contributed by atoms with Gasteiger partial charge in [-0.1, -0.05) is 126 Å². The van der Waals surface area contributed by atoms with Crippen molar-refractivity contribution in [3.8, 4) is 26.9 Å². The van der Waals surface area contributed by atoms with Crippen LogP contribution in [0.2, 0.25) is 0 Å². The molecule has 0 N–H and O–H groups in total. The van der Waals surface area contributed by atoms with Gasteiger partial charge in [-0.25, -0.2) is 0 Å². The van der Waals surface area contributed by atoms with E-state index in [0.717, 1.165) is 39.9 Å². The first-order valence-corrected chi connectivity index (χ1v) is 15.3. The second-order valence-corrected chi connectivity index (χ2v) is 11.0. The summed E-state index contributed by atoms with van der Waals surface area (Å²) in [6, 6.07) is 17.2.